The van der Waals surface area contributed by atoms with E-state index in [2.05, 4.69) is 76.1 Å². The van der Waals surface area contributed by atoms with E-state index in [1.165, 1.54) is 6.07 Å². The molecule has 3 aliphatic rings. The van der Waals surface area contributed by atoms with E-state index in [9.17, 15) is 29.1 Å². The molecule has 2 amide bonds. The summed E-state index contributed by atoms with van der Waals surface area (Å²) in [5, 5.41) is 15.9. The Morgan fingerprint density at radius 3 is 1.15 bits per heavy atom. The maximum Gasteiger partial charge on any atom is 1.00 e. The van der Waals surface area contributed by atoms with Crippen LogP contribution in [0, 0.1) is 0 Å². The van der Waals surface area contributed by atoms with Crippen LogP contribution in [0.2, 0.25) is 0 Å². The number of ketones is 2. The van der Waals surface area contributed by atoms with Crippen molar-refractivity contribution in [3.8, 4) is 34.0 Å². The fourth-order valence-electron chi connectivity index (χ4n) is 10.8. The molecule has 24 nitrogen and oxygen atoms in total. The number of benzene rings is 3. The van der Waals surface area contributed by atoms with Gasteiger partial charge in [-0.2, -0.15) is 0 Å². The summed E-state index contributed by atoms with van der Waals surface area (Å²) in [6, 6.07) is 38.1. The first-order chi connectivity index (χ1) is 47.3. The number of nitrogen functional groups attached to an aromatic ring is 2. The molecule has 12 rings (SSSR count). The van der Waals surface area contributed by atoms with Crippen LogP contribution in [0.1, 0.15) is 91.6 Å². The van der Waals surface area contributed by atoms with Gasteiger partial charge in [-0.15, -0.1) is 0 Å². The average molecular weight is 1370 g/mol. The number of piperazine rings is 3. The maximum absolute atomic E-state index is 13.2. The van der Waals surface area contributed by atoms with Crippen LogP contribution < -0.4 is 60.8 Å². The zero-order valence-electron chi connectivity index (χ0n) is 58.7. The number of nitrogens with zero attached hydrogens (tertiary/aromatic N) is 9. The molecule has 3 aliphatic heterocycles. The summed E-state index contributed by atoms with van der Waals surface area (Å²) in [4.78, 5) is 86.9. The van der Waals surface area contributed by atoms with Crippen LogP contribution in [0.25, 0.3) is 34.0 Å². The molecule has 25 heteroatoms. The summed E-state index contributed by atoms with van der Waals surface area (Å²) in [6.45, 7) is 22.6. The SMILES string of the molecule is C.CC(C)(C)OC(=O)Nc1ccc(-c2ccco2)cc1N.CN1CCN(c2ccc(C(=O)Cc3cc(-c4ccco4)ccc3N)nc2)CC1.CN1CCN(c2ccc(C(=O)Cc3cc(-c4ccco4)ccc3NC(=O)OC(C)(C)C)nc2)CC1.CN1CCN(c2ccc(C(=O)[O-])nc2)CC1.[Li+]. The van der Waals surface area contributed by atoms with Gasteiger partial charge in [-0.1, -0.05) is 7.43 Å². The number of pyridine rings is 3. The molecule has 3 fully saturated rings. The smallest absolute Gasteiger partial charge is 0.543 e. The van der Waals surface area contributed by atoms with Crippen molar-refractivity contribution < 1.29 is 70.7 Å². The summed E-state index contributed by atoms with van der Waals surface area (Å²) in [5.74, 6) is 0.734. The molecule has 9 aromatic rings. The van der Waals surface area contributed by atoms with Gasteiger partial charge in [-0.3, -0.25) is 35.2 Å². The molecule has 0 spiro atoms. The van der Waals surface area contributed by atoms with Gasteiger partial charge in [0.05, 0.1) is 77.5 Å². The number of rotatable bonds is 15. The second-order valence-corrected chi connectivity index (χ2v) is 26.3. The number of carbonyl (C=O) groups excluding carboxylic acids is 5. The molecule has 6 aromatic heterocycles. The number of hydrogen-bond donors (Lipinski definition) is 4. The number of amides is 2. The Labute approximate surface area is 603 Å². The molecule has 0 unspecified atom stereocenters. The van der Waals surface area contributed by atoms with Crippen molar-refractivity contribution in [3.05, 3.63) is 193 Å². The number of carbonyl (C=O) groups is 5. The first-order valence-electron chi connectivity index (χ1n) is 32.8. The Morgan fingerprint density at radius 2 is 0.802 bits per heavy atom. The number of aromatic nitrogens is 3. The van der Waals surface area contributed by atoms with Crippen LogP contribution in [-0.4, -0.2) is 170 Å². The number of aromatic carboxylic acids is 1. The Hall–Kier alpha value is -10.2. The predicted molar refractivity (Wildman–Crippen MR) is 390 cm³/mol. The standard InChI is InChI=1S/C27H32N4O4.C22H24N4O2.C15H18N2O3.C11H15N3O2.CH4.Li/c1-27(2,3)35-26(33)29-22-9-7-19(25-6-5-15-34-25)16-20(22)17-24(32)23-10-8-21(18-28-23)31-13-11-30(4)12-14-31;1-25-8-10-26(11-9-25)18-5-7-20(24-15-18)21(27)14-17-13-16(4-6-19(17)23)22-3-2-12-28-22;1-15(2,3)20-14(18)17-12-7-6-10(9-11(12)16)13-5-4-8-19-13;1-13-4-6-14(7-5-13)9-2-3-10(11(15)16)12-8-9;;/h5-10,15-16,18H,11-14,17H2,1-4H3,(H,29,33);2-7,12-13,15H,8-11,14,23H2,1H3;4-9H,16H2,1-3H3,(H,17,18);2-3,8H,4-7H2,1H3,(H,15,16);1H4;/q;;;;;+1/p-1. The number of carboxylic acids is 1. The molecule has 3 saturated heterocycles. The second kappa shape index (κ2) is 36.2. The number of Topliss-reactive ketones (excluding diaryl/α,β-unsaturated/α-hetero) is 2. The van der Waals surface area contributed by atoms with Gasteiger partial charge in [0.15, 0.2) is 11.6 Å². The zero-order chi connectivity index (χ0) is 70.8. The van der Waals surface area contributed by atoms with E-state index in [0.29, 0.717) is 45.5 Å². The van der Waals surface area contributed by atoms with Crippen molar-refractivity contribution in [2.45, 2.75) is 73.0 Å². The number of anilines is 7. The van der Waals surface area contributed by atoms with Crippen LogP contribution in [0.3, 0.4) is 0 Å². The summed E-state index contributed by atoms with van der Waals surface area (Å²) in [7, 11) is 6.34. The number of likely N-dealkylation sites (N-methyl/N-ethyl adjacent to an activating group) is 3. The molecule has 0 atom stereocenters. The molecular weight excluding hydrogens is 1280 g/mol. The van der Waals surface area contributed by atoms with E-state index in [-0.39, 0.29) is 56.4 Å². The molecule has 9 heterocycles. The molecule has 0 bridgehead atoms. The number of nitrogens with two attached hydrogens (primary N) is 2. The zero-order valence-corrected chi connectivity index (χ0v) is 58.7. The first kappa shape index (κ1) is 78.1. The minimum Gasteiger partial charge on any atom is -0.543 e. The number of furan rings is 3. The van der Waals surface area contributed by atoms with Crippen LogP contribution >= 0.6 is 0 Å². The van der Waals surface area contributed by atoms with E-state index < -0.39 is 29.4 Å². The van der Waals surface area contributed by atoms with E-state index in [0.717, 1.165) is 129 Å². The second-order valence-electron chi connectivity index (χ2n) is 26.3. The quantitative estimate of drug-likeness (QED) is 0.0424. The van der Waals surface area contributed by atoms with Crippen molar-refractivity contribution in [2.24, 2.45) is 0 Å². The van der Waals surface area contributed by atoms with Gasteiger partial charge >= 0.3 is 31.0 Å². The van der Waals surface area contributed by atoms with Crippen LogP contribution in [0.4, 0.5) is 49.4 Å². The average Bonchev–Trinajstić information content (AvgIpc) is 1.84. The van der Waals surface area contributed by atoms with Crippen molar-refractivity contribution in [1.82, 2.24) is 29.7 Å². The maximum atomic E-state index is 13.2. The Bertz CT molecular complexity index is 4100. The largest absolute Gasteiger partial charge is 1.00 e. The minimum atomic E-state index is -1.23. The Morgan fingerprint density at radius 1 is 0.455 bits per heavy atom. The van der Waals surface area contributed by atoms with Gasteiger partial charge in [0, 0.05) is 119 Å². The Kier molecular flexibility index (Phi) is 28.0. The van der Waals surface area contributed by atoms with Gasteiger partial charge in [-0.05, 0) is 201 Å². The van der Waals surface area contributed by atoms with E-state index in [1.54, 1.807) is 121 Å². The van der Waals surface area contributed by atoms with Gasteiger partial charge < -0.3 is 73.5 Å². The first-order valence-corrected chi connectivity index (χ1v) is 32.8. The molecule has 528 valence electrons. The summed E-state index contributed by atoms with van der Waals surface area (Å²) in [6.07, 6.45) is 9.14. The molecule has 101 heavy (non-hydrogen) atoms. The Balaban J connectivity index is 0.000000195. The number of hydrogen-bond acceptors (Lipinski definition) is 22. The van der Waals surface area contributed by atoms with Crippen molar-refractivity contribution in [1.29, 1.82) is 0 Å². The van der Waals surface area contributed by atoms with Crippen LogP contribution in [-0.2, 0) is 22.3 Å². The molecule has 0 saturated carbocycles. The van der Waals surface area contributed by atoms with Crippen molar-refractivity contribution >= 4 is 69.5 Å². The molecule has 0 radical (unpaired) electrons. The number of nitrogens with one attached hydrogen (secondary N) is 2. The van der Waals surface area contributed by atoms with Gasteiger partial charge in [0.2, 0.25) is 0 Å². The van der Waals surface area contributed by atoms with Crippen molar-refractivity contribution in [2.75, 3.05) is 136 Å². The third kappa shape index (κ3) is 23.4. The van der Waals surface area contributed by atoms with Crippen LogP contribution in [0.5, 0.6) is 0 Å². The van der Waals surface area contributed by atoms with E-state index >= 15 is 0 Å². The van der Waals surface area contributed by atoms with E-state index in [4.69, 9.17) is 34.2 Å². The van der Waals surface area contributed by atoms with Gasteiger partial charge in [0.25, 0.3) is 0 Å². The van der Waals surface area contributed by atoms with Crippen molar-refractivity contribution in [3.63, 3.8) is 0 Å². The normalized spacial score (nSPS) is 14.2. The van der Waals surface area contributed by atoms with Gasteiger partial charge in [-0.25, -0.2) is 9.59 Å². The third-order valence-electron chi connectivity index (χ3n) is 16.3. The van der Waals surface area contributed by atoms with Crippen LogP contribution in [0.15, 0.2) is 178 Å². The monoisotopic (exact) mass is 1370 g/mol. The summed E-state index contributed by atoms with van der Waals surface area (Å²) in [5.41, 5.74) is 20.8. The third-order valence-corrected chi connectivity index (χ3v) is 16.3. The fraction of sp³-hybridized carbons (Fsp3) is 0.342. The summed E-state index contributed by atoms with van der Waals surface area (Å²) < 4.78 is 26.8. The van der Waals surface area contributed by atoms with E-state index in [1.807, 2.05) is 78.9 Å². The summed E-state index contributed by atoms with van der Waals surface area (Å²) >= 11 is 0. The molecule has 6 N–H and O–H groups in total. The fourth-order valence-corrected chi connectivity index (χ4v) is 10.8. The molecular formula is C76H92LiN13O11. The molecule has 0 aliphatic carbocycles. The predicted octanol–water partition coefficient (Wildman–Crippen LogP) is 8.68. The van der Waals surface area contributed by atoms with Gasteiger partial charge in [0.1, 0.15) is 39.9 Å². The number of carboxylic acid groups (broad SMARTS) is 1. The topological polar surface area (TPSA) is 300 Å². The number of ether oxygens (including phenoxy) is 2. The molecule has 3 aromatic carbocycles. The minimum absolute atomic E-state index is 0.